The van der Waals surface area contributed by atoms with Crippen LogP contribution >= 0.6 is 23.4 Å². The van der Waals surface area contributed by atoms with Crippen molar-refractivity contribution in [2.45, 2.75) is 85.1 Å². The summed E-state index contributed by atoms with van der Waals surface area (Å²) in [6.07, 6.45) is 5.19. The Bertz CT molecular complexity index is 2280. The van der Waals surface area contributed by atoms with E-state index in [1.54, 1.807) is 11.8 Å². The van der Waals surface area contributed by atoms with Crippen LogP contribution in [0.15, 0.2) is 95.0 Å². The molecule has 0 amide bonds. The van der Waals surface area contributed by atoms with E-state index in [1.807, 2.05) is 44.2 Å². The number of ketones is 1. The van der Waals surface area contributed by atoms with Gasteiger partial charge in [-0.25, -0.2) is 4.79 Å². The first-order valence-electron chi connectivity index (χ1n) is 18.3. The highest BCUT2D eigenvalue weighted by Gasteiger charge is 2.24. The number of aryl methyl sites for hydroxylation is 3. The van der Waals surface area contributed by atoms with Gasteiger partial charge in [-0.05, 0) is 92.1 Å². The van der Waals surface area contributed by atoms with Crippen LogP contribution in [0.2, 0.25) is 5.02 Å². The molecule has 0 spiro atoms. The maximum Gasteiger partial charge on any atom is 0.331 e. The largest absolute Gasteiger partial charge is 0.340 e. The summed E-state index contributed by atoms with van der Waals surface area (Å²) in [7, 11) is 0. The van der Waals surface area contributed by atoms with Crippen LogP contribution in [0.5, 0.6) is 0 Å². The van der Waals surface area contributed by atoms with Gasteiger partial charge in [-0.15, -0.1) is 11.8 Å². The smallest absolute Gasteiger partial charge is 0.331 e. The van der Waals surface area contributed by atoms with Crippen LogP contribution in [0.1, 0.15) is 91.1 Å². The quantitative estimate of drug-likeness (QED) is 0.0368. The Morgan fingerprint density at radius 1 is 0.865 bits per heavy atom. The number of aromatic nitrogens is 1. The molecule has 1 atom stereocenters. The maximum absolute atomic E-state index is 14.6. The van der Waals surface area contributed by atoms with Crippen molar-refractivity contribution in [2.24, 2.45) is 11.1 Å². The summed E-state index contributed by atoms with van der Waals surface area (Å²) in [5.74, 6) is 0.822. The van der Waals surface area contributed by atoms with Crippen molar-refractivity contribution in [1.82, 2.24) is 4.57 Å². The van der Waals surface area contributed by atoms with Crippen LogP contribution in [-0.4, -0.2) is 27.8 Å². The van der Waals surface area contributed by atoms with E-state index in [9.17, 15) is 9.59 Å². The number of nitrogens with zero attached hydrogens (tertiary/aromatic N) is 2. The molecule has 1 aromatic heterocycles. The lowest BCUT2D eigenvalue weighted by Gasteiger charge is -2.19. The minimum absolute atomic E-state index is 0.0378. The van der Waals surface area contributed by atoms with Gasteiger partial charge in [-0.2, -0.15) is 0 Å². The zero-order valence-electron chi connectivity index (χ0n) is 31.0. The molecule has 1 unspecified atom stereocenters. The van der Waals surface area contributed by atoms with E-state index in [2.05, 4.69) is 85.1 Å². The average Bonchev–Trinajstić information content (AvgIpc) is 3.43. The Morgan fingerprint density at radius 2 is 1.58 bits per heavy atom. The number of hydrogen-bond donors (Lipinski definition) is 0. The van der Waals surface area contributed by atoms with Crippen molar-refractivity contribution >= 4 is 73.4 Å². The molecule has 0 aliphatic heterocycles. The highest BCUT2D eigenvalue weighted by atomic mass is 35.5. The van der Waals surface area contributed by atoms with Crippen LogP contribution < -0.4 is 0 Å². The first-order chi connectivity index (χ1) is 25.1. The molecule has 5 aromatic carbocycles. The van der Waals surface area contributed by atoms with Gasteiger partial charge in [0.05, 0.1) is 11.2 Å². The first-order valence-corrected chi connectivity index (χ1v) is 19.7. The Morgan fingerprint density at radius 3 is 2.25 bits per heavy atom. The van der Waals surface area contributed by atoms with Gasteiger partial charge in [0.25, 0.3) is 0 Å². The van der Waals surface area contributed by atoms with E-state index in [0.717, 1.165) is 90.4 Å². The second kappa shape index (κ2) is 16.5. The van der Waals surface area contributed by atoms with Gasteiger partial charge in [0.1, 0.15) is 0 Å². The molecule has 6 aromatic rings. The molecule has 0 aliphatic carbocycles. The minimum atomic E-state index is -0.463. The maximum atomic E-state index is 14.6. The van der Waals surface area contributed by atoms with Gasteiger partial charge in [0.15, 0.2) is 5.78 Å². The molecule has 0 radical (unpaired) electrons. The first kappa shape index (κ1) is 37.4. The summed E-state index contributed by atoms with van der Waals surface area (Å²) < 4.78 is 2.48. The van der Waals surface area contributed by atoms with E-state index >= 15 is 0 Å². The van der Waals surface area contributed by atoms with Crippen LogP contribution in [0, 0.1) is 26.7 Å². The summed E-state index contributed by atoms with van der Waals surface area (Å²) in [4.78, 5) is 32.9. The van der Waals surface area contributed by atoms with Crippen molar-refractivity contribution < 1.29 is 14.4 Å². The summed E-state index contributed by atoms with van der Waals surface area (Å²) in [5, 5.41) is 9.18. The summed E-state index contributed by atoms with van der Waals surface area (Å²) in [5.41, 5.74) is 8.42. The van der Waals surface area contributed by atoms with Crippen molar-refractivity contribution in [2.75, 3.05) is 5.75 Å². The molecule has 268 valence electrons. The van der Waals surface area contributed by atoms with Crippen LogP contribution in [0.4, 0.5) is 0 Å². The van der Waals surface area contributed by atoms with Crippen molar-refractivity contribution in [3.05, 3.63) is 123 Å². The highest BCUT2D eigenvalue weighted by Crippen LogP contribution is 2.39. The van der Waals surface area contributed by atoms with Crippen LogP contribution in [0.3, 0.4) is 0 Å². The highest BCUT2D eigenvalue weighted by molar-refractivity contribution is 7.99. The van der Waals surface area contributed by atoms with Gasteiger partial charge in [-0.3, -0.25) is 4.79 Å². The lowest BCUT2D eigenvalue weighted by molar-refractivity contribution is -0.140. The van der Waals surface area contributed by atoms with Gasteiger partial charge >= 0.3 is 5.97 Å². The molecule has 1 heterocycles. The third-order valence-electron chi connectivity index (χ3n) is 10.0. The molecule has 5 nitrogen and oxygen atoms in total. The summed E-state index contributed by atoms with van der Waals surface area (Å²) >= 11 is 7.81. The number of oxime groups is 1. The molecule has 0 saturated carbocycles. The molecular weight excluding hydrogens is 684 g/mol. The molecule has 0 saturated heterocycles. The number of hydrogen-bond acceptors (Lipinski definition) is 5. The predicted molar refractivity (Wildman–Crippen MR) is 219 cm³/mol. The summed E-state index contributed by atoms with van der Waals surface area (Å²) in [6.45, 7) is 12.9. The molecule has 0 aliphatic rings. The number of unbranched alkanes of at least 4 members (excludes halogenated alkanes) is 1. The number of rotatable bonds is 14. The van der Waals surface area contributed by atoms with E-state index in [-0.39, 0.29) is 5.78 Å². The number of benzene rings is 5. The Balaban J connectivity index is 1.55. The summed E-state index contributed by atoms with van der Waals surface area (Å²) in [6, 6.07) is 28.9. The third-order valence-corrected chi connectivity index (χ3v) is 11.3. The number of carbonyl (C=O) groups excluding carboxylic acids is 2. The minimum Gasteiger partial charge on any atom is -0.340 e. The second-order valence-electron chi connectivity index (χ2n) is 13.9. The molecule has 0 fully saturated rings. The Labute approximate surface area is 316 Å². The molecular formula is C45H47ClN2O3S. The Kier molecular flexibility index (Phi) is 11.9. The predicted octanol–water partition coefficient (Wildman–Crippen LogP) is 12.4. The van der Waals surface area contributed by atoms with Crippen molar-refractivity contribution in [1.29, 1.82) is 0 Å². The second-order valence-corrected chi connectivity index (χ2v) is 15.5. The topological polar surface area (TPSA) is 60.7 Å². The zero-order chi connectivity index (χ0) is 36.9. The van der Waals surface area contributed by atoms with Gasteiger partial charge in [0, 0.05) is 73.9 Å². The standard InChI is InChI=1S/C45H47ClN2O3S/c1-7-9-12-32(8-2)27-48-42-20-15-33(41(47-51-31(6)49)21-22-52-35-18-16-34(46)17-19-35)25-38(42)39-26-40(36-13-10-11-14-37(36)44(39)48)45(50)43-29(4)23-28(3)24-30(43)5/h10-11,13-20,23-26,32H,7-9,12,21-22,27H2,1-6H3. The number of fused-ring (bicyclic) bond motifs is 5. The fourth-order valence-electron chi connectivity index (χ4n) is 7.53. The lowest BCUT2D eigenvalue weighted by atomic mass is 9.89. The van der Waals surface area contributed by atoms with Crippen LogP contribution in [-0.2, 0) is 16.2 Å². The van der Waals surface area contributed by atoms with E-state index in [4.69, 9.17) is 16.4 Å². The number of carbonyl (C=O) groups is 2. The van der Waals surface area contributed by atoms with E-state index < -0.39 is 5.97 Å². The van der Waals surface area contributed by atoms with Gasteiger partial charge in [-0.1, -0.05) is 97.9 Å². The molecule has 6 rings (SSSR count). The Hall–Kier alpha value is -4.39. The molecule has 7 heteroatoms. The van der Waals surface area contributed by atoms with Crippen LogP contribution in [0.25, 0.3) is 32.6 Å². The van der Waals surface area contributed by atoms with Gasteiger partial charge < -0.3 is 9.40 Å². The van der Waals surface area contributed by atoms with Crippen molar-refractivity contribution in [3.63, 3.8) is 0 Å². The molecule has 0 bridgehead atoms. The SMILES string of the molecule is CCCCC(CC)Cn1c2ccc(C(CCSc3ccc(Cl)cc3)=NOC(C)=O)cc2c2cc(C(=O)c3c(C)cc(C)cc3C)c3ccccc3c21. The third kappa shape index (κ3) is 7.99. The molecule has 0 N–H and O–H groups in total. The average molecular weight is 731 g/mol. The number of halogens is 1. The van der Waals surface area contributed by atoms with Crippen molar-refractivity contribution in [3.8, 4) is 0 Å². The fourth-order valence-corrected chi connectivity index (χ4v) is 8.51. The fraction of sp³-hybridized carbons (Fsp3) is 0.311. The monoisotopic (exact) mass is 730 g/mol. The molecule has 52 heavy (non-hydrogen) atoms. The number of thioether (sulfide) groups is 1. The lowest BCUT2D eigenvalue weighted by Crippen LogP contribution is -2.11. The van der Waals surface area contributed by atoms with E-state index in [0.29, 0.717) is 28.6 Å². The zero-order valence-corrected chi connectivity index (χ0v) is 32.6. The van der Waals surface area contributed by atoms with E-state index in [1.165, 1.54) is 19.8 Å². The van der Waals surface area contributed by atoms with Gasteiger partial charge in [0.2, 0.25) is 0 Å². The normalized spacial score (nSPS) is 12.6.